The lowest BCUT2D eigenvalue weighted by Crippen LogP contribution is -2.60. The number of aromatic nitrogens is 3. The highest BCUT2D eigenvalue weighted by atomic mass is 16.5. The van der Waals surface area contributed by atoms with Crippen molar-refractivity contribution in [2.24, 2.45) is 5.92 Å². The van der Waals surface area contributed by atoms with Gasteiger partial charge in [-0.2, -0.15) is 5.10 Å². The first-order valence-corrected chi connectivity index (χ1v) is 9.05. The monoisotopic (exact) mass is 357 g/mol. The van der Waals surface area contributed by atoms with Gasteiger partial charge in [0.25, 0.3) is 5.91 Å². The highest BCUT2D eigenvalue weighted by Gasteiger charge is 2.41. The molecular weight excluding hydrogens is 334 g/mol. The van der Waals surface area contributed by atoms with Gasteiger partial charge in [0.2, 0.25) is 5.91 Å². The van der Waals surface area contributed by atoms with E-state index in [2.05, 4.69) is 20.7 Å². The minimum absolute atomic E-state index is 0.0310. The summed E-state index contributed by atoms with van der Waals surface area (Å²) in [5.74, 6) is -0.265. The summed E-state index contributed by atoms with van der Waals surface area (Å²) >= 11 is 0. The van der Waals surface area contributed by atoms with Crippen molar-refractivity contribution < 1.29 is 14.3 Å². The number of carbonyl (C=O) groups is 2. The Morgan fingerprint density at radius 3 is 2.92 bits per heavy atom. The first-order chi connectivity index (χ1) is 12.6. The average Bonchev–Trinajstić information content (AvgIpc) is 3.23. The van der Waals surface area contributed by atoms with Gasteiger partial charge in [-0.25, -0.2) is 4.52 Å². The van der Waals surface area contributed by atoms with E-state index in [-0.39, 0.29) is 29.4 Å². The third-order valence-corrected chi connectivity index (χ3v) is 5.42. The predicted molar refractivity (Wildman–Crippen MR) is 93.6 cm³/mol. The van der Waals surface area contributed by atoms with Crippen molar-refractivity contribution in [3.63, 3.8) is 0 Å². The van der Waals surface area contributed by atoms with Crippen LogP contribution in [0, 0.1) is 5.92 Å². The fourth-order valence-corrected chi connectivity index (χ4v) is 3.67. The van der Waals surface area contributed by atoms with E-state index < -0.39 is 0 Å². The molecule has 2 aliphatic rings. The molecule has 2 atom stereocenters. The molecule has 3 heterocycles. The Morgan fingerprint density at radius 2 is 2.23 bits per heavy atom. The summed E-state index contributed by atoms with van der Waals surface area (Å²) in [5.41, 5.74) is 0.797. The standard InChI is InChI=1S/C18H23N5O3/c1-12-7-13(10-26-12)16(24)22-18(3-2-4-18)11-20-17(25)14-8-21-23-6-5-19-9-15(14)23/h5-6,8-9,12-13H,2-4,7,10-11H2,1H3,(H,20,25)(H,22,24). The summed E-state index contributed by atoms with van der Waals surface area (Å²) in [7, 11) is 0. The van der Waals surface area contributed by atoms with E-state index in [0.29, 0.717) is 24.2 Å². The number of nitrogens with zero attached hydrogens (tertiary/aromatic N) is 3. The van der Waals surface area contributed by atoms with Crippen LogP contribution in [0.15, 0.2) is 24.8 Å². The first-order valence-electron chi connectivity index (χ1n) is 9.05. The maximum Gasteiger partial charge on any atom is 0.255 e. The quantitative estimate of drug-likeness (QED) is 0.829. The van der Waals surface area contributed by atoms with E-state index in [1.54, 1.807) is 23.1 Å². The molecule has 2 aromatic rings. The molecule has 1 aliphatic carbocycles. The third-order valence-electron chi connectivity index (χ3n) is 5.42. The van der Waals surface area contributed by atoms with Crippen molar-refractivity contribution in [2.45, 2.75) is 44.2 Å². The van der Waals surface area contributed by atoms with E-state index in [1.165, 1.54) is 6.20 Å². The Labute approximate surface area is 151 Å². The second-order valence-corrected chi connectivity index (χ2v) is 7.35. The van der Waals surface area contributed by atoms with Crippen LogP contribution in [0.1, 0.15) is 43.0 Å². The molecule has 0 bridgehead atoms. The van der Waals surface area contributed by atoms with Gasteiger partial charge in [-0.3, -0.25) is 14.6 Å². The summed E-state index contributed by atoms with van der Waals surface area (Å²) in [4.78, 5) is 29.1. The molecule has 2 N–H and O–H groups in total. The molecule has 8 heteroatoms. The van der Waals surface area contributed by atoms with E-state index in [4.69, 9.17) is 4.74 Å². The summed E-state index contributed by atoms with van der Waals surface area (Å²) in [5, 5.41) is 10.3. The molecule has 2 unspecified atom stereocenters. The molecule has 4 rings (SSSR count). The number of fused-ring (bicyclic) bond motifs is 1. The van der Waals surface area contributed by atoms with Crippen molar-refractivity contribution in [2.75, 3.05) is 13.2 Å². The van der Waals surface area contributed by atoms with E-state index in [1.807, 2.05) is 6.92 Å². The largest absolute Gasteiger partial charge is 0.378 e. The van der Waals surface area contributed by atoms with Gasteiger partial charge >= 0.3 is 0 Å². The molecule has 1 saturated carbocycles. The van der Waals surface area contributed by atoms with Crippen LogP contribution in [0.4, 0.5) is 0 Å². The van der Waals surface area contributed by atoms with Gasteiger partial charge < -0.3 is 15.4 Å². The number of carbonyl (C=O) groups excluding carboxylic acids is 2. The second kappa shape index (κ2) is 6.68. The van der Waals surface area contributed by atoms with Crippen LogP contribution in [-0.2, 0) is 9.53 Å². The number of nitrogens with one attached hydrogen (secondary N) is 2. The lowest BCUT2D eigenvalue weighted by Gasteiger charge is -2.43. The molecule has 0 radical (unpaired) electrons. The average molecular weight is 357 g/mol. The molecule has 26 heavy (non-hydrogen) atoms. The molecular formula is C18H23N5O3. The molecule has 0 spiro atoms. The lowest BCUT2D eigenvalue weighted by atomic mass is 9.76. The van der Waals surface area contributed by atoms with Crippen LogP contribution in [-0.4, -0.2) is 51.2 Å². The number of hydrogen-bond donors (Lipinski definition) is 2. The highest BCUT2D eigenvalue weighted by Crippen LogP contribution is 2.32. The van der Waals surface area contributed by atoms with Crippen LogP contribution in [0.3, 0.4) is 0 Å². The smallest absolute Gasteiger partial charge is 0.255 e. The van der Waals surface area contributed by atoms with Gasteiger partial charge in [0.15, 0.2) is 0 Å². The molecule has 1 aliphatic heterocycles. The lowest BCUT2D eigenvalue weighted by molar-refractivity contribution is -0.128. The maximum absolute atomic E-state index is 12.6. The number of amides is 2. The van der Waals surface area contributed by atoms with E-state index in [9.17, 15) is 9.59 Å². The number of ether oxygens (including phenoxy) is 1. The second-order valence-electron chi connectivity index (χ2n) is 7.35. The van der Waals surface area contributed by atoms with Crippen LogP contribution >= 0.6 is 0 Å². The highest BCUT2D eigenvalue weighted by molar-refractivity contribution is 6.00. The third kappa shape index (κ3) is 3.16. The van der Waals surface area contributed by atoms with Crippen molar-refractivity contribution in [3.05, 3.63) is 30.4 Å². The maximum atomic E-state index is 12.6. The van der Waals surface area contributed by atoms with Gasteiger partial charge in [-0.05, 0) is 32.6 Å². The SMILES string of the molecule is CC1CC(C(=O)NC2(CNC(=O)c3cnn4ccncc34)CCC2)CO1. The molecule has 0 aromatic carbocycles. The van der Waals surface area contributed by atoms with Crippen LogP contribution in [0.25, 0.3) is 5.52 Å². The van der Waals surface area contributed by atoms with Crippen molar-refractivity contribution in [3.8, 4) is 0 Å². The van der Waals surface area contributed by atoms with E-state index >= 15 is 0 Å². The van der Waals surface area contributed by atoms with Gasteiger partial charge in [-0.1, -0.05) is 0 Å². The summed E-state index contributed by atoms with van der Waals surface area (Å²) in [6.07, 6.45) is 10.2. The summed E-state index contributed by atoms with van der Waals surface area (Å²) < 4.78 is 7.11. The number of rotatable bonds is 5. The van der Waals surface area contributed by atoms with Crippen LogP contribution < -0.4 is 10.6 Å². The molecule has 2 fully saturated rings. The Morgan fingerprint density at radius 1 is 1.38 bits per heavy atom. The van der Waals surface area contributed by atoms with Gasteiger partial charge in [0, 0.05) is 18.9 Å². The molecule has 138 valence electrons. The van der Waals surface area contributed by atoms with Crippen LogP contribution in [0.5, 0.6) is 0 Å². The Bertz CT molecular complexity index is 829. The molecule has 8 nitrogen and oxygen atoms in total. The molecule has 1 saturated heterocycles. The minimum atomic E-state index is -0.347. The van der Waals surface area contributed by atoms with Gasteiger partial charge in [0.05, 0.1) is 47.6 Å². The van der Waals surface area contributed by atoms with Gasteiger partial charge in [-0.15, -0.1) is 0 Å². The molecule has 2 amide bonds. The first kappa shape index (κ1) is 17.0. The molecule has 2 aromatic heterocycles. The fourth-order valence-electron chi connectivity index (χ4n) is 3.67. The zero-order chi connectivity index (χ0) is 18.1. The Balaban J connectivity index is 1.39. The Hall–Kier alpha value is -2.48. The zero-order valence-corrected chi connectivity index (χ0v) is 14.8. The Kier molecular flexibility index (Phi) is 4.36. The normalized spacial score (nSPS) is 24.2. The topological polar surface area (TPSA) is 97.6 Å². The van der Waals surface area contributed by atoms with Crippen LogP contribution in [0.2, 0.25) is 0 Å². The summed E-state index contributed by atoms with van der Waals surface area (Å²) in [6, 6.07) is 0. The van der Waals surface area contributed by atoms with Gasteiger partial charge in [0.1, 0.15) is 0 Å². The minimum Gasteiger partial charge on any atom is -0.378 e. The van der Waals surface area contributed by atoms with Crippen molar-refractivity contribution in [1.82, 2.24) is 25.2 Å². The zero-order valence-electron chi connectivity index (χ0n) is 14.8. The van der Waals surface area contributed by atoms with E-state index in [0.717, 1.165) is 25.7 Å². The summed E-state index contributed by atoms with van der Waals surface area (Å²) in [6.45, 7) is 2.88. The fraction of sp³-hybridized carbons (Fsp3) is 0.556. The van der Waals surface area contributed by atoms with Crippen molar-refractivity contribution in [1.29, 1.82) is 0 Å². The predicted octanol–water partition coefficient (Wildman–Crippen LogP) is 0.923. The van der Waals surface area contributed by atoms with Crippen molar-refractivity contribution >= 4 is 17.3 Å². The number of hydrogen-bond acceptors (Lipinski definition) is 5.